The molecule has 5 heteroatoms. The first-order chi connectivity index (χ1) is 7.19. The predicted octanol–water partition coefficient (Wildman–Crippen LogP) is -0.363. The summed E-state index contributed by atoms with van der Waals surface area (Å²) in [5.41, 5.74) is 6.02. The molecule has 1 aromatic heterocycles. The number of hydrogen-bond acceptors (Lipinski definition) is 5. The van der Waals surface area contributed by atoms with Crippen LogP contribution < -0.4 is 5.73 Å². The van der Waals surface area contributed by atoms with E-state index in [4.69, 9.17) is 5.73 Å². The third-order valence-electron chi connectivity index (χ3n) is 2.10. The first kappa shape index (κ1) is 11.8. The van der Waals surface area contributed by atoms with Crippen LogP contribution in [0.1, 0.15) is 28.6 Å². The topological polar surface area (TPSA) is 96.4 Å². The molecule has 0 aliphatic heterocycles. The lowest BCUT2D eigenvalue weighted by Crippen LogP contribution is -2.21. The van der Waals surface area contributed by atoms with Crippen LogP contribution in [0, 0.1) is 0 Å². The van der Waals surface area contributed by atoms with Gasteiger partial charge in [0.1, 0.15) is 11.8 Å². The fourth-order valence-electron chi connectivity index (χ4n) is 1.21. The molecule has 0 aromatic carbocycles. The molecule has 1 heterocycles. The number of nitrogens with two attached hydrogens (primary N) is 1. The van der Waals surface area contributed by atoms with Crippen molar-refractivity contribution >= 4 is 6.29 Å². The zero-order chi connectivity index (χ0) is 11.3. The number of aliphatic hydroxyl groups is 2. The minimum atomic E-state index is -1.01. The van der Waals surface area contributed by atoms with Gasteiger partial charge in [0.15, 0.2) is 6.29 Å². The van der Waals surface area contributed by atoms with E-state index >= 15 is 0 Å². The molecule has 1 aromatic rings. The number of pyridine rings is 1. The average Bonchev–Trinajstić information content (AvgIpc) is 2.28. The van der Waals surface area contributed by atoms with Crippen molar-refractivity contribution in [1.29, 1.82) is 0 Å². The number of rotatable bonds is 5. The highest BCUT2D eigenvalue weighted by atomic mass is 16.3. The third-order valence-corrected chi connectivity index (χ3v) is 2.10. The number of nitrogens with zero attached hydrogens (tertiary/aromatic N) is 1. The summed E-state index contributed by atoms with van der Waals surface area (Å²) in [5, 5.41) is 19.1. The lowest BCUT2D eigenvalue weighted by atomic mass is 10.0. The minimum absolute atomic E-state index is 0.291. The number of hydrogen-bond donors (Lipinski definition) is 3. The highest BCUT2D eigenvalue weighted by molar-refractivity contribution is 5.71. The summed E-state index contributed by atoms with van der Waals surface area (Å²) in [6, 6.07) is 3.04. The Kier molecular flexibility index (Phi) is 4.36. The van der Waals surface area contributed by atoms with Gasteiger partial charge in [-0.25, -0.2) is 0 Å². The van der Waals surface area contributed by atoms with Crippen LogP contribution in [0.4, 0.5) is 0 Å². The van der Waals surface area contributed by atoms with Crippen LogP contribution in [0.25, 0.3) is 0 Å². The van der Waals surface area contributed by atoms with Crippen molar-refractivity contribution in [3.63, 3.8) is 0 Å². The third kappa shape index (κ3) is 3.09. The quantitative estimate of drug-likeness (QED) is 0.576. The van der Waals surface area contributed by atoms with Crippen molar-refractivity contribution in [2.24, 2.45) is 5.73 Å². The van der Waals surface area contributed by atoms with E-state index in [0.29, 0.717) is 30.5 Å². The molecular weight excluding hydrogens is 196 g/mol. The zero-order valence-electron chi connectivity index (χ0n) is 8.21. The van der Waals surface area contributed by atoms with Gasteiger partial charge in [-0.15, -0.1) is 0 Å². The van der Waals surface area contributed by atoms with E-state index in [1.165, 1.54) is 12.3 Å². The maximum absolute atomic E-state index is 10.3. The van der Waals surface area contributed by atoms with Gasteiger partial charge in [0.05, 0.1) is 6.10 Å². The number of aldehydes is 1. The van der Waals surface area contributed by atoms with Crippen molar-refractivity contribution in [2.45, 2.75) is 18.6 Å². The van der Waals surface area contributed by atoms with E-state index in [0.717, 1.165) is 0 Å². The van der Waals surface area contributed by atoms with Gasteiger partial charge in [-0.2, -0.15) is 0 Å². The van der Waals surface area contributed by atoms with Gasteiger partial charge in [-0.05, 0) is 19.0 Å². The lowest BCUT2D eigenvalue weighted by molar-refractivity contribution is 0.0148. The molecule has 1 rings (SSSR count). The standard InChI is InChI=1S/C10H14N2O3/c11-4-3-9(14)10(15)7-1-2-8(6-13)12-5-7/h1-2,5-6,9-10,14-15H,3-4,11H2. The molecule has 0 saturated heterocycles. The second-order valence-corrected chi connectivity index (χ2v) is 3.22. The molecule has 0 radical (unpaired) electrons. The maximum atomic E-state index is 10.3. The van der Waals surface area contributed by atoms with Gasteiger partial charge >= 0.3 is 0 Å². The Labute approximate surface area is 87.6 Å². The maximum Gasteiger partial charge on any atom is 0.168 e. The molecule has 0 bridgehead atoms. The second-order valence-electron chi connectivity index (χ2n) is 3.22. The van der Waals surface area contributed by atoms with Crippen molar-refractivity contribution in [2.75, 3.05) is 6.54 Å². The molecule has 2 unspecified atom stereocenters. The molecule has 5 nitrogen and oxygen atoms in total. The molecule has 0 fully saturated rings. The number of carbonyl (C=O) groups excluding carboxylic acids is 1. The number of aliphatic hydroxyl groups excluding tert-OH is 2. The Morgan fingerprint density at radius 2 is 2.20 bits per heavy atom. The summed E-state index contributed by atoms with van der Waals surface area (Å²) in [4.78, 5) is 14.1. The minimum Gasteiger partial charge on any atom is -0.390 e. The Balaban J connectivity index is 2.73. The Hall–Kier alpha value is -1.30. The average molecular weight is 210 g/mol. The van der Waals surface area contributed by atoms with Crippen LogP contribution in [0.3, 0.4) is 0 Å². The Morgan fingerprint density at radius 3 is 2.67 bits per heavy atom. The monoisotopic (exact) mass is 210 g/mol. The SMILES string of the molecule is NCCC(O)C(O)c1ccc(C=O)nc1. The van der Waals surface area contributed by atoms with Crippen LogP contribution in [-0.2, 0) is 0 Å². The highest BCUT2D eigenvalue weighted by Crippen LogP contribution is 2.17. The molecule has 4 N–H and O–H groups in total. The Morgan fingerprint density at radius 1 is 1.47 bits per heavy atom. The van der Waals surface area contributed by atoms with E-state index in [1.54, 1.807) is 6.07 Å². The molecule has 0 spiro atoms. The summed E-state index contributed by atoms with van der Waals surface area (Å²) in [5.74, 6) is 0. The molecule has 0 amide bonds. The van der Waals surface area contributed by atoms with E-state index in [-0.39, 0.29) is 0 Å². The van der Waals surface area contributed by atoms with Crippen LogP contribution >= 0.6 is 0 Å². The lowest BCUT2D eigenvalue weighted by Gasteiger charge is -2.16. The van der Waals surface area contributed by atoms with Gasteiger partial charge in [-0.3, -0.25) is 9.78 Å². The number of aromatic nitrogens is 1. The molecule has 0 aliphatic carbocycles. The largest absolute Gasteiger partial charge is 0.390 e. The van der Waals surface area contributed by atoms with Gasteiger partial charge in [0, 0.05) is 11.8 Å². The van der Waals surface area contributed by atoms with Crippen LogP contribution in [-0.4, -0.2) is 34.1 Å². The van der Waals surface area contributed by atoms with Gasteiger partial charge in [0.25, 0.3) is 0 Å². The predicted molar refractivity (Wildman–Crippen MR) is 54.3 cm³/mol. The van der Waals surface area contributed by atoms with Crippen molar-refractivity contribution in [1.82, 2.24) is 4.98 Å². The van der Waals surface area contributed by atoms with Crippen molar-refractivity contribution in [3.05, 3.63) is 29.6 Å². The summed E-state index contributed by atoms with van der Waals surface area (Å²) < 4.78 is 0. The van der Waals surface area contributed by atoms with Crippen LogP contribution in [0.15, 0.2) is 18.3 Å². The first-order valence-corrected chi connectivity index (χ1v) is 4.66. The van der Waals surface area contributed by atoms with E-state index in [1.807, 2.05) is 0 Å². The van der Waals surface area contributed by atoms with E-state index in [9.17, 15) is 15.0 Å². The normalized spacial score (nSPS) is 14.6. The van der Waals surface area contributed by atoms with Crippen LogP contribution in [0.2, 0.25) is 0 Å². The zero-order valence-corrected chi connectivity index (χ0v) is 8.21. The van der Waals surface area contributed by atoms with Gasteiger partial charge < -0.3 is 15.9 Å². The smallest absolute Gasteiger partial charge is 0.168 e. The van der Waals surface area contributed by atoms with E-state index in [2.05, 4.69) is 4.98 Å². The first-order valence-electron chi connectivity index (χ1n) is 4.66. The number of carbonyl (C=O) groups is 1. The fraction of sp³-hybridized carbons (Fsp3) is 0.400. The van der Waals surface area contributed by atoms with Crippen molar-refractivity contribution in [3.8, 4) is 0 Å². The molecule has 15 heavy (non-hydrogen) atoms. The van der Waals surface area contributed by atoms with Gasteiger partial charge in [0.2, 0.25) is 0 Å². The summed E-state index contributed by atoms with van der Waals surface area (Å²) in [7, 11) is 0. The van der Waals surface area contributed by atoms with E-state index < -0.39 is 12.2 Å². The molecule has 82 valence electrons. The highest BCUT2D eigenvalue weighted by Gasteiger charge is 2.17. The van der Waals surface area contributed by atoms with Crippen molar-refractivity contribution < 1.29 is 15.0 Å². The summed E-state index contributed by atoms with van der Waals surface area (Å²) in [6.45, 7) is 0.304. The molecule has 2 atom stereocenters. The van der Waals surface area contributed by atoms with Gasteiger partial charge in [-0.1, -0.05) is 6.07 Å². The molecule has 0 saturated carbocycles. The summed E-state index contributed by atoms with van der Waals surface area (Å²) in [6.07, 6.45) is 0.387. The fourth-order valence-corrected chi connectivity index (χ4v) is 1.21. The molecule has 0 aliphatic rings. The summed E-state index contributed by atoms with van der Waals surface area (Å²) >= 11 is 0. The second kappa shape index (κ2) is 5.55. The molecular formula is C10H14N2O3. The van der Waals surface area contributed by atoms with Crippen LogP contribution in [0.5, 0.6) is 0 Å². The Bertz CT molecular complexity index is 313.